The van der Waals surface area contributed by atoms with Crippen molar-refractivity contribution in [3.63, 3.8) is 0 Å². The summed E-state index contributed by atoms with van der Waals surface area (Å²) in [5, 5.41) is 2.56. The zero-order valence-electron chi connectivity index (χ0n) is 34.5. The number of hydrogen-bond donors (Lipinski definition) is 0. The Balaban J connectivity index is 0.997. The van der Waals surface area contributed by atoms with Crippen molar-refractivity contribution < 1.29 is 0 Å². The van der Waals surface area contributed by atoms with Crippen LogP contribution in [0.5, 0.6) is 0 Å². The van der Waals surface area contributed by atoms with Gasteiger partial charge in [0.1, 0.15) is 0 Å². The fourth-order valence-corrected chi connectivity index (χ4v) is 11.4. The van der Waals surface area contributed by atoms with E-state index in [4.69, 9.17) is 9.97 Å². The van der Waals surface area contributed by atoms with E-state index >= 15 is 0 Å². The molecule has 13 rings (SSSR count). The molecule has 0 atom stereocenters. The molecule has 1 aromatic heterocycles. The van der Waals surface area contributed by atoms with Crippen LogP contribution in [-0.4, -0.2) is 9.97 Å². The molecule has 0 saturated carbocycles. The molecule has 0 bridgehead atoms. The molecule has 0 saturated heterocycles. The Kier molecular flexibility index (Phi) is 7.31. The second kappa shape index (κ2) is 12.9. The van der Waals surface area contributed by atoms with Crippen LogP contribution in [0, 0.1) is 0 Å². The first-order valence-corrected chi connectivity index (χ1v) is 21.7. The highest BCUT2D eigenvalue weighted by Crippen LogP contribution is 2.64. The van der Waals surface area contributed by atoms with Gasteiger partial charge in [0.15, 0.2) is 5.82 Å². The highest BCUT2D eigenvalue weighted by molar-refractivity contribution is 6.00. The highest BCUT2D eigenvalue weighted by Gasteiger charge is 2.52. The third-order valence-corrected chi connectivity index (χ3v) is 14.1. The number of nitrogens with zero attached hydrogens (tertiary/aromatic N) is 2. The molecule has 3 aliphatic carbocycles. The molecular formula is C60H40N2. The summed E-state index contributed by atoms with van der Waals surface area (Å²) in [6.07, 6.45) is 0. The number of rotatable bonds is 4. The molecule has 290 valence electrons. The molecule has 62 heavy (non-hydrogen) atoms. The molecule has 2 nitrogen and oxygen atoms in total. The summed E-state index contributed by atoms with van der Waals surface area (Å²) in [7, 11) is 0. The van der Waals surface area contributed by atoms with Gasteiger partial charge in [-0.2, -0.15) is 0 Å². The third kappa shape index (κ3) is 4.75. The predicted octanol–water partition coefficient (Wildman–Crippen LogP) is 14.9. The molecule has 9 aromatic carbocycles. The van der Waals surface area contributed by atoms with Crippen molar-refractivity contribution in [2.75, 3.05) is 0 Å². The van der Waals surface area contributed by atoms with Crippen molar-refractivity contribution in [2.24, 2.45) is 0 Å². The minimum atomic E-state index is -0.495. The van der Waals surface area contributed by atoms with Gasteiger partial charge in [-0.1, -0.05) is 202 Å². The van der Waals surface area contributed by atoms with E-state index in [-0.39, 0.29) is 5.41 Å². The normalized spacial score (nSPS) is 14.2. The van der Waals surface area contributed by atoms with Crippen molar-refractivity contribution in [1.82, 2.24) is 9.97 Å². The van der Waals surface area contributed by atoms with Crippen molar-refractivity contribution in [2.45, 2.75) is 24.7 Å². The summed E-state index contributed by atoms with van der Waals surface area (Å²) in [4.78, 5) is 10.8. The molecule has 0 amide bonds. The first kappa shape index (κ1) is 35.1. The fraction of sp³-hybridized carbons (Fsp3) is 0.0667. The summed E-state index contributed by atoms with van der Waals surface area (Å²) in [6.45, 7) is 4.73. The van der Waals surface area contributed by atoms with Crippen molar-refractivity contribution in [1.29, 1.82) is 0 Å². The third-order valence-electron chi connectivity index (χ3n) is 14.1. The molecule has 0 radical (unpaired) electrons. The van der Waals surface area contributed by atoms with Crippen LogP contribution in [0.1, 0.15) is 47.2 Å². The second-order valence-corrected chi connectivity index (χ2v) is 17.6. The average molecular weight is 789 g/mol. The summed E-state index contributed by atoms with van der Waals surface area (Å²) in [6, 6.07) is 75.8. The van der Waals surface area contributed by atoms with E-state index in [1.165, 1.54) is 88.7 Å². The lowest BCUT2D eigenvalue weighted by Gasteiger charge is -2.32. The Labute approximate surface area is 361 Å². The Hall–Kier alpha value is -7.68. The zero-order chi connectivity index (χ0) is 41.2. The second-order valence-electron chi connectivity index (χ2n) is 17.6. The van der Waals surface area contributed by atoms with Crippen LogP contribution >= 0.6 is 0 Å². The van der Waals surface area contributed by atoms with Gasteiger partial charge in [-0.15, -0.1) is 0 Å². The predicted molar refractivity (Wildman–Crippen MR) is 255 cm³/mol. The lowest BCUT2D eigenvalue weighted by Crippen LogP contribution is -2.26. The Bertz CT molecular complexity index is 3420. The van der Waals surface area contributed by atoms with E-state index in [2.05, 4.69) is 220 Å². The Morgan fingerprint density at radius 2 is 0.823 bits per heavy atom. The number of aromatic nitrogens is 2. The number of benzene rings is 9. The van der Waals surface area contributed by atoms with Gasteiger partial charge in [-0.05, 0) is 107 Å². The lowest BCUT2D eigenvalue weighted by molar-refractivity contribution is 0.661. The van der Waals surface area contributed by atoms with Crippen LogP contribution in [-0.2, 0) is 10.8 Å². The van der Waals surface area contributed by atoms with E-state index < -0.39 is 5.41 Å². The van der Waals surface area contributed by atoms with E-state index in [0.717, 1.165) is 28.1 Å². The van der Waals surface area contributed by atoms with Gasteiger partial charge in [0.05, 0.1) is 16.8 Å². The number of hydrogen-bond acceptors (Lipinski definition) is 2. The van der Waals surface area contributed by atoms with Gasteiger partial charge >= 0.3 is 0 Å². The van der Waals surface area contributed by atoms with Crippen molar-refractivity contribution >= 4 is 10.8 Å². The first-order valence-electron chi connectivity index (χ1n) is 21.7. The monoisotopic (exact) mass is 788 g/mol. The largest absolute Gasteiger partial charge is 0.228 e. The Morgan fingerprint density at radius 3 is 1.52 bits per heavy atom. The standard InChI is InChI=1S/C60H40N2/c1-59(2)52-29-15-23-42(56(52)48-34-40-18-6-7-19-41(40)35-53(48)59)37-30-32-38(33-31-37)54-36-55(62-58(61-54)39-16-4-3-5-17-39)47-25-14-24-46-45-22-10-13-28-51(45)60(57(46)47)49-26-11-8-20-43(49)44-21-9-12-27-50(44)60/h3-36H,1-2H3. The zero-order valence-corrected chi connectivity index (χ0v) is 34.5. The minimum Gasteiger partial charge on any atom is -0.228 e. The summed E-state index contributed by atoms with van der Waals surface area (Å²) < 4.78 is 0. The SMILES string of the molecule is CC1(C)c2cc3ccccc3cc2-c2c(-c3ccc(-c4cc(-c5cccc6c5C5(c7ccccc7-c7ccccc75)c5ccccc5-6)nc(-c5ccccc5)n4)cc3)cccc21. The molecule has 0 aliphatic heterocycles. The minimum absolute atomic E-state index is 0.101. The highest BCUT2D eigenvalue weighted by atomic mass is 14.9. The first-order chi connectivity index (χ1) is 30.5. The molecule has 0 fully saturated rings. The van der Waals surface area contributed by atoms with Gasteiger partial charge in [0.2, 0.25) is 0 Å². The molecule has 10 aromatic rings. The summed E-state index contributed by atoms with van der Waals surface area (Å²) >= 11 is 0. The van der Waals surface area contributed by atoms with Crippen molar-refractivity contribution in [3.8, 4) is 78.4 Å². The molecule has 0 N–H and O–H groups in total. The van der Waals surface area contributed by atoms with Gasteiger partial charge in [0.25, 0.3) is 0 Å². The molecular weight excluding hydrogens is 749 g/mol. The van der Waals surface area contributed by atoms with E-state index in [1.54, 1.807) is 0 Å². The van der Waals surface area contributed by atoms with Crippen LogP contribution in [0.2, 0.25) is 0 Å². The molecule has 1 heterocycles. The summed E-state index contributed by atoms with van der Waals surface area (Å²) in [5.74, 6) is 0.712. The smallest absolute Gasteiger partial charge is 0.160 e. The van der Waals surface area contributed by atoms with Crippen LogP contribution in [0.4, 0.5) is 0 Å². The van der Waals surface area contributed by atoms with Crippen LogP contribution in [0.15, 0.2) is 206 Å². The molecule has 2 heteroatoms. The maximum atomic E-state index is 5.46. The van der Waals surface area contributed by atoms with Gasteiger partial charge in [-0.3, -0.25) is 0 Å². The van der Waals surface area contributed by atoms with Gasteiger partial charge in [0, 0.05) is 22.1 Å². The van der Waals surface area contributed by atoms with Gasteiger partial charge < -0.3 is 0 Å². The van der Waals surface area contributed by atoms with Gasteiger partial charge in [-0.25, -0.2) is 9.97 Å². The molecule has 3 aliphatic rings. The Morgan fingerprint density at radius 1 is 0.323 bits per heavy atom. The fourth-order valence-electron chi connectivity index (χ4n) is 11.4. The topological polar surface area (TPSA) is 25.8 Å². The summed E-state index contributed by atoms with van der Waals surface area (Å²) in [5.41, 5.74) is 22.6. The quantitative estimate of drug-likeness (QED) is 0.177. The van der Waals surface area contributed by atoms with Crippen LogP contribution in [0.3, 0.4) is 0 Å². The van der Waals surface area contributed by atoms with E-state index in [9.17, 15) is 0 Å². The van der Waals surface area contributed by atoms with E-state index in [1.807, 2.05) is 0 Å². The maximum absolute atomic E-state index is 5.46. The molecule has 1 spiro atoms. The molecule has 0 unspecified atom stereocenters. The average Bonchev–Trinajstić information content (AvgIpc) is 3.89. The lowest BCUT2D eigenvalue weighted by atomic mass is 9.69. The number of fused-ring (bicyclic) bond motifs is 14. The maximum Gasteiger partial charge on any atom is 0.160 e. The van der Waals surface area contributed by atoms with Crippen molar-refractivity contribution in [3.05, 3.63) is 240 Å². The van der Waals surface area contributed by atoms with Crippen LogP contribution < -0.4 is 0 Å². The van der Waals surface area contributed by atoms with Crippen LogP contribution in [0.25, 0.3) is 89.2 Å². The van der Waals surface area contributed by atoms with E-state index in [0.29, 0.717) is 5.82 Å².